The summed E-state index contributed by atoms with van der Waals surface area (Å²) in [4.78, 5) is 15.7. The van der Waals surface area contributed by atoms with Gasteiger partial charge in [0.2, 0.25) is 0 Å². The van der Waals surface area contributed by atoms with Crippen molar-refractivity contribution in [3.05, 3.63) is 53.9 Å². The Labute approximate surface area is 140 Å². The van der Waals surface area contributed by atoms with Crippen LogP contribution in [0.5, 0.6) is 17.2 Å². The Hall–Kier alpha value is -3.02. The third kappa shape index (κ3) is 4.25. The number of carbonyl (C=O) groups excluding carboxylic acids is 1. The number of aromatic nitrogens is 1. The van der Waals surface area contributed by atoms with Crippen molar-refractivity contribution in [3.63, 3.8) is 0 Å². The van der Waals surface area contributed by atoms with Crippen LogP contribution in [0.3, 0.4) is 0 Å². The summed E-state index contributed by atoms with van der Waals surface area (Å²) in [6.45, 7) is 0.130. The van der Waals surface area contributed by atoms with Crippen molar-refractivity contribution in [1.29, 1.82) is 0 Å². The Balaban J connectivity index is 2.04. The third-order valence-corrected chi connectivity index (χ3v) is 3.24. The van der Waals surface area contributed by atoms with E-state index < -0.39 is 5.97 Å². The molecule has 0 amide bonds. The number of carbonyl (C=O) groups is 1. The van der Waals surface area contributed by atoms with Crippen molar-refractivity contribution in [1.82, 2.24) is 4.98 Å². The molecule has 0 atom stereocenters. The van der Waals surface area contributed by atoms with Crippen molar-refractivity contribution < 1.29 is 23.7 Å². The van der Waals surface area contributed by atoms with E-state index in [1.807, 2.05) is 0 Å². The minimum absolute atomic E-state index is 0.130. The first-order valence-electron chi connectivity index (χ1n) is 7.23. The molecule has 0 aliphatic heterocycles. The maximum absolute atomic E-state index is 11.8. The van der Waals surface area contributed by atoms with E-state index in [9.17, 15) is 4.79 Å². The van der Waals surface area contributed by atoms with Crippen molar-refractivity contribution >= 4 is 12.0 Å². The van der Waals surface area contributed by atoms with E-state index in [2.05, 4.69) is 4.98 Å². The zero-order valence-corrected chi connectivity index (χ0v) is 13.8. The summed E-state index contributed by atoms with van der Waals surface area (Å²) in [5.41, 5.74) is 1.20. The molecule has 1 aromatic heterocycles. The van der Waals surface area contributed by atoms with E-state index in [1.54, 1.807) is 63.9 Å². The molecule has 6 heteroatoms. The second-order valence-electron chi connectivity index (χ2n) is 4.69. The first-order valence-corrected chi connectivity index (χ1v) is 7.23. The molecule has 6 nitrogen and oxygen atoms in total. The Kier molecular flexibility index (Phi) is 6.19. The van der Waals surface area contributed by atoms with E-state index in [0.29, 0.717) is 22.8 Å². The van der Waals surface area contributed by atoms with E-state index in [4.69, 9.17) is 18.9 Å². The maximum atomic E-state index is 11.8. The Morgan fingerprint density at radius 2 is 1.79 bits per heavy atom. The minimum atomic E-state index is -0.424. The van der Waals surface area contributed by atoms with Crippen LogP contribution in [0, 0.1) is 0 Å². The van der Waals surface area contributed by atoms with Crippen molar-refractivity contribution in [2.75, 3.05) is 27.9 Å². The summed E-state index contributed by atoms with van der Waals surface area (Å²) < 4.78 is 21.0. The van der Waals surface area contributed by atoms with Crippen molar-refractivity contribution in [3.8, 4) is 17.2 Å². The van der Waals surface area contributed by atoms with Gasteiger partial charge < -0.3 is 18.9 Å². The molecule has 0 saturated heterocycles. The third-order valence-electron chi connectivity index (χ3n) is 3.24. The quantitative estimate of drug-likeness (QED) is 0.728. The highest BCUT2D eigenvalue weighted by atomic mass is 16.5. The van der Waals surface area contributed by atoms with Crippen LogP contribution in [0.15, 0.2) is 42.7 Å². The standard InChI is InChI=1S/C18H19NO5/c1-21-15-11-17(23-3)16(22-2)10-13(15)7-5-9-24-18(20)14-6-4-8-19-12-14/h4-8,10-12H,9H2,1-3H3/b7-5+. The minimum Gasteiger partial charge on any atom is -0.496 e. The number of nitrogens with zero attached hydrogens (tertiary/aromatic N) is 1. The summed E-state index contributed by atoms with van der Waals surface area (Å²) in [5.74, 6) is 1.37. The van der Waals surface area contributed by atoms with E-state index in [-0.39, 0.29) is 6.61 Å². The van der Waals surface area contributed by atoms with Gasteiger partial charge in [-0.05, 0) is 24.3 Å². The van der Waals surface area contributed by atoms with Crippen LogP contribution < -0.4 is 14.2 Å². The number of pyridine rings is 1. The van der Waals surface area contributed by atoms with Gasteiger partial charge in [-0.1, -0.05) is 6.08 Å². The lowest BCUT2D eigenvalue weighted by molar-refractivity contribution is 0.0549. The molecule has 0 aliphatic rings. The van der Waals surface area contributed by atoms with Gasteiger partial charge in [-0.2, -0.15) is 0 Å². The van der Waals surface area contributed by atoms with Crippen LogP contribution in [0.4, 0.5) is 0 Å². The van der Waals surface area contributed by atoms with Gasteiger partial charge >= 0.3 is 5.97 Å². The molecule has 126 valence electrons. The van der Waals surface area contributed by atoms with Gasteiger partial charge in [-0.3, -0.25) is 4.98 Å². The molecule has 0 fully saturated rings. The number of ether oxygens (including phenoxy) is 4. The van der Waals surface area contributed by atoms with Crippen molar-refractivity contribution in [2.45, 2.75) is 0 Å². The van der Waals surface area contributed by atoms with Gasteiger partial charge in [-0.25, -0.2) is 4.79 Å². The molecular formula is C18H19NO5. The first-order chi connectivity index (χ1) is 11.7. The lowest BCUT2D eigenvalue weighted by Crippen LogP contribution is -2.05. The van der Waals surface area contributed by atoms with Crippen LogP contribution in [-0.4, -0.2) is 38.9 Å². The molecule has 1 heterocycles. The smallest absolute Gasteiger partial charge is 0.340 e. The lowest BCUT2D eigenvalue weighted by Gasteiger charge is -2.12. The molecule has 0 aliphatic carbocycles. The first kappa shape index (κ1) is 17.3. The Bertz CT molecular complexity index is 713. The van der Waals surface area contributed by atoms with Crippen LogP contribution in [0.1, 0.15) is 15.9 Å². The van der Waals surface area contributed by atoms with Gasteiger partial charge in [0.1, 0.15) is 12.4 Å². The van der Waals surface area contributed by atoms with E-state index in [1.165, 1.54) is 6.20 Å². The number of rotatable bonds is 7. The fraction of sp³-hybridized carbons (Fsp3) is 0.222. The van der Waals surface area contributed by atoms with Gasteiger partial charge in [0.15, 0.2) is 11.5 Å². The van der Waals surface area contributed by atoms with Gasteiger partial charge in [-0.15, -0.1) is 0 Å². The number of hydrogen-bond acceptors (Lipinski definition) is 6. The Morgan fingerprint density at radius 1 is 1.08 bits per heavy atom. The highest BCUT2D eigenvalue weighted by Crippen LogP contribution is 2.35. The largest absolute Gasteiger partial charge is 0.496 e. The molecule has 2 aromatic rings. The molecule has 0 unspecified atom stereocenters. The molecule has 0 N–H and O–H groups in total. The topological polar surface area (TPSA) is 66.9 Å². The van der Waals surface area contributed by atoms with Gasteiger partial charge in [0.25, 0.3) is 0 Å². The SMILES string of the molecule is COc1cc(OC)c(OC)cc1/C=C/COC(=O)c1cccnc1. The zero-order chi connectivity index (χ0) is 17.4. The van der Waals surface area contributed by atoms with E-state index in [0.717, 1.165) is 5.56 Å². The molecule has 0 spiro atoms. The fourth-order valence-corrected chi connectivity index (χ4v) is 2.05. The van der Waals surface area contributed by atoms with Crippen molar-refractivity contribution in [2.24, 2.45) is 0 Å². The monoisotopic (exact) mass is 329 g/mol. The second-order valence-corrected chi connectivity index (χ2v) is 4.69. The predicted molar refractivity (Wildman–Crippen MR) is 89.7 cm³/mol. The second kappa shape index (κ2) is 8.57. The molecule has 2 rings (SSSR count). The van der Waals surface area contributed by atoms with Crippen LogP contribution in [0.25, 0.3) is 6.08 Å². The predicted octanol–water partition coefficient (Wildman–Crippen LogP) is 2.98. The summed E-state index contributed by atoms with van der Waals surface area (Å²) in [7, 11) is 4.69. The van der Waals surface area contributed by atoms with Crippen LogP contribution in [-0.2, 0) is 4.74 Å². The molecule has 0 radical (unpaired) electrons. The Morgan fingerprint density at radius 3 is 2.42 bits per heavy atom. The highest BCUT2D eigenvalue weighted by molar-refractivity contribution is 5.89. The summed E-state index contributed by atoms with van der Waals surface area (Å²) >= 11 is 0. The average Bonchev–Trinajstić information content (AvgIpc) is 2.65. The zero-order valence-electron chi connectivity index (χ0n) is 13.8. The lowest BCUT2D eigenvalue weighted by atomic mass is 10.1. The summed E-state index contributed by atoms with van der Waals surface area (Å²) in [5, 5.41) is 0. The number of benzene rings is 1. The average molecular weight is 329 g/mol. The fourth-order valence-electron chi connectivity index (χ4n) is 2.05. The molecule has 0 saturated carbocycles. The number of esters is 1. The molecule has 1 aromatic carbocycles. The number of hydrogen-bond donors (Lipinski definition) is 0. The summed E-state index contributed by atoms with van der Waals surface area (Å²) in [6.07, 6.45) is 6.57. The van der Waals surface area contributed by atoms with Crippen LogP contribution >= 0.6 is 0 Å². The normalized spacial score (nSPS) is 10.5. The highest BCUT2D eigenvalue weighted by Gasteiger charge is 2.10. The molecule has 24 heavy (non-hydrogen) atoms. The van der Waals surface area contributed by atoms with E-state index >= 15 is 0 Å². The van der Waals surface area contributed by atoms with Gasteiger partial charge in [0, 0.05) is 24.0 Å². The molecule has 0 bridgehead atoms. The van der Waals surface area contributed by atoms with Crippen LogP contribution in [0.2, 0.25) is 0 Å². The number of methoxy groups -OCH3 is 3. The maximum Gasteiger partial charge on any atom is 0.340 e. The summed E-state index contributed by atoms with van der Waals surface area (Å²) in [6, 6.07) is 6.86. The van der Waals surface area contributed by atoms with Gasteiger partial charge in [0.05, 0.1) is 26.9 Å². The molecular weight excluding hydrogens is 310 g/mol.